The van der Waals surface area contributed by atoms with Crippen molar-refractivity contribution in [2.24, 2.45) is 23.7 Å². The van der Waals surface area contributed by atoms with E-state index in [0.717, 1.165) is 24.3 Å². The van der Waals surface area contributed by atoms with Crippen LogP contribution in [0.25, 0.3) is 0 Å². The number of hydrogen-bond acceptors (Lipinski definition) is 3. The highest BCUT2D eigenvalue weighted by molar-refractivity contribution is 4.92. The van der Waals surface area contributed by atoms with E-state index in [1.807, 2.05) is 0 Å². The molecule has 112 valence electrons. The maximum atomic E-state index is 9.61. The normalized spacial score (nSPS) is 44.7. The molecule has 2 rings (SSSR count). The minimum absolute atomic E-state index is 0.322. The fourth-order valence-corrected chi connectivity index (χ4v) is 4.43. The SMILES string of the molecule is CNC1CC(C)CC(C)C1CN1CCC(C)C1CO. The molecule has 0 bridgehead atoms. The lowest BCUT2D eigenvalue weighted by molar-refractivity contribution is 0.0733. The van der Waals surface area contributed by atoms with Crippen LogP contribution in [0.4, 0.5) is 0 Å². The molecule has 6 unspecified atom stereocenters. The Kier molecular flexibility index (Phi) is 5.27. The summed E-state index contributed by atoms with van der Waals surface area (Å²) in [7, 11) is 2.11. The predicted molar refractivity (Wildman–Crippen MR) is 80.1 cm³/mol. The van der Waals surface area contributed by atoms with Gasteiger partial charge in [0.2, 0.25) is 0 Å². The molecule has 2 N–H and O–H groups in total. The Balaban J connectivity index is 2.00. The Hall–Kier alpha value is -0.120. The van der Waals surface area contributed by atoms with E-state index in [0.29, 0.717) is 24.6 Å². The quantitative estimate of drug-likeness (QED) is 0.818. The Morgan fingerprint density at radius 2 is 1.89 bits per heavy atom. The van der Waals surface area contributed by atoms with Gasteiger partial charge in [0.05, 0.1) is 6.61 Å². The van der Waals surface area contributed by atoms with Crippen LogP contribution in [0, 0.1) is 23.7 Å². The zero-order chi connectivity index (χ0) is 14.0. The predicted octanol–water partition coefficient (Wildman–Crippen LogP) is 1.96. The van der Waals surface area contributed by atoms with Crippen molar-refractivity contribution in [1.29, 1.82) is 0 Å². The minimum Gasteiger partial charge on any atom is -0.395 e. The van der Waals surface area contributed by atoms with Gasteiger partial charge in [0, 0.05) is 18.6 Å². The summed E-state index contributed by atoms with van der Waals surface area (Å²) in [5, 5.41) is 13.2. The third kappa shape index (κ3) is 3.32. The molecule has 0 radical (unpaired) electrons. The molecule has 1 aliphatic carbocycles. The summed E-state index contributed by atoms with van der Waals surface area (Å²) in [4.78, 5) is 2.55. The molecule has 0 aromatic heterocycles. The highest BCUT2D eigenvalue weighted by atomic mass is 16.3. The topological polar surface area (TPSA) is 35.5 Å². The summed E-state index contributed by atoms with van der Waals surface area (Å²) >= 11 is 0. The molecule has 6 atom stereocenters. The van der Waals surface area contributed by atoms with Gasteiger partial charge < -0.3 is 10.4 Å². The number of likely N-dealkylation sites (tertiary alicyclic amines) is 1. The largest absolute Gasteiger partial charge is 0.395 e. The molecule has 1 saturated heterocycles. The molecule has 19 heavy (non-hydrogen) atoms. The molecular weight excluding hydrogens is 236 g/mol. The van der Waals surface area contributed by atoms with E-state index in [4.69, 9.17) is 0 Å². The lowest BCUT2D eigenvalue weighted by Gasteiger charge is -2.42. The van der Waals surface area contributed by atoms with E-state index >= 15 is 0 Å². The van der Waals surface area contributed by atoms with Gasteiger partial charge in [-0.25, -0.2) is 0 Å². The van der Waals surface area contributed by atoms with Gasteiger partial charge in [-0.05, 0) is 56.5 Å². The zero-order valence-electron chi connectivity index (χ0n) is 13.1. The van der Waals surface area contributed by atoms with Crippen molar-refractivity contribution in [3.05, 3.63) is 0 Å². The molecule has 0 aromatic rings. The van der Waals surface area contributed by atoms with Gasteiger partial charge in [-0.3, -0.25) is 4.90 Å². The summed E-state index contributed by atoms with van der Waals surface area (Å²) < 4.78 is 0. The maximum Gasteiger partial charge on any atom is 0.0589 e. The van der Waals surface area contributed by atoms with Crippen molar-refractivity contribution in [3.8, 4) is 0 Å². The second-order valence-electron chi connectivity index (χ2n) is 7.12. The number of nitrogens with one attached hydrogen (secondary N) is 1. The van der Waals surface area contributed by atoms with Gasteiger partial charge in [0.15, 0.2) is 0 Å². The summed E-state index contributed by atoms with van der Waals surface area (Å²) in [5.74, 6) is 3.02. The van der Waals surface area contributed by atoms with Crippen LogP contribution in [-0.2, 0) is 0 Å². The first-order chi connectivity index (χ1) is 9.06. The number of rotatable bonds is 4. The van der Waals surface area contributed by atoms with E-state index in [2.05, 4.69) is 38.0 Å². The summed E-state index contributed by atoms with van der Waals surface area (Å²) in [6, 6.07) is 1.04. The maximum absolute atomic E-state index is 9.61. The lowest BCUT2D eigenvalue weighted by Crippen LogP contribution is -2.49. The molecular formula is C16H32N2O. The van der Waals surface area contributed by atoms with Crippen LogP contribution < -0.4 is 5.32 Å². The van der Waals surface area contributed by atoms with Gasteiger partial charge in [-0.15, -0.1) is 0 Å². The van der Waals surface area contributed by atoms with Gasteiger partial charge in [-0.1, -0.05) is 20.8 Å². The summed E-state index contributed by atoms with van der Waals surface area (Å²) in [6.07, 6.45) is 3.90. The highest BCUT2D eigenvalue weighted by Gasteiger charge is 2.38. The Bertz CT molecular complexity index is 284. The second kappa shape index (κ2) is 6.55. The van der Waals surface area contributed by atoms with Crippen molar-refractivity contribution in [2.45, 2.75) is 52.1 Å². The van der Waals surface area contributed by atoms with Crippen molar-refractivity contribution in [2.75, 3.05) is 26.7 Å². The first kappa shape index (κ1) is 15.3. The van der Waals surface area contributed by atoms with Crippen LogP contribution >= 0.6 is 0 Å². The van der Waals surface area contributed by atoms with Crippen LogP contribution in [0.3, 0.4) is 0 Å². The van der Waals surface area contributed by atoms with Crippen LogP contribution in [0.5, 0.6) is 0 Å². The van der Waals surface area contributed by atoms with Gasteiger partial charge in [-0.2, -0.15) is 0 Å². The van der Waals surface area contributed by atoms with Gasteiger partial charge >= 0.3 is 0 Å². The van der Waals surface area contributed by atoms with Crippen molar-refractivity contribution in [1.82, 2.24) is 10.2 Å². The van der Waals surface area contributed by atoms with Gasteiger partial charge in [0.1, 0.15) is 0 Å². The average molecular weight is 268 g/mol. The Morgan fingerprint density at radius 1 is 1.16 bits per heavy atom. The molecule has 1 aliphatic heterocycles. The summed E-state index contributed by atoms with van der Waals surface area (Å²) in [6.45, 7) is 9.73. The number of aliphatic hydroxyl groups excluding tert-OH is 1. The van der Waals surface area contributed by atoms with E-state index in [1.54, 1.807) is 0 Å². The highest BCUT2D eigenvalue weighted by Crippen LogP contribution is 2.36. The van der Waals surface area contributed by atoms with E-state index < -0.39 is 0 Å². The molecule has 2 fully saturated rings. The molecule has 1 heterocycles. The van der Waals surface area contributed by atoms with Crippen molar-refractivity contribution >= 4 is 0 Å². The first-order valence-corrected chi connectivity index (χ1v) is 8.09. The third-order valence-electron chi connectivity index (χ3n) is 5.68. The van der Waals surface area contributed by atoms with E-state index in [-0.39, 0.29) is 0 Å². The summed E-state index contributed by atoms with van der Waals surface area (Å²) in [5.41, 5.74) is 0. The van der Waals surface area contributed by atoms with Crippen LogP contribution in [0.15, 0.2) is 0 Å². The smallest absolute Gasteiger partial charge is 0.0589 e. The zero-order valence-corrected chi connectivity index (χ0v) is 13.1. The standard InChI is InChI=1S/C16H32N2O/c1-11-7-13(3)14(15(8-11)17-4)9-18-6-5-12(2)16(18)10-19/h11-17,19H,5-10H2,1-4H3. The molecule has 0 aromatic carbocycles. The number of nitrogens with zero attached hydrogens (tertiary/aromatic N) is 1. The molecule has 1 saturated carbocycles. The van der Waals surface area contributed by atoms with Crippen LogP contribution in [0.2, 0.25) is 0 Å². The number of aliphatic hydroxyl groups is 1. The molecule has 0 amide bonds. The molecule has 3 heteroatoms. The fraction of sp³-hybridized carbons (Fsp3) is 1.00. The number of hydrogen-bond donors (Lipinski definition) is 2. The monoisotopic (exact) mass is 268 g/mol. The van der Waals surface area contributed by atoms with Crippen LogP contribution in [0.1, 0.15) is 40.0 Å². The lowest BCUT2D eigenvalue weighted by atomic mass is 9.72. The molecule has 2 aliphatic rings. The van der Waals surface area contributed by atoms with Crippen molar-refractivity contribution in [3.63, 3.8) is 0 Å². The third-order valence-corrected chi connectivity index (χ3v) is 5.68. The van der Waals surface area contributed by atoms with Crippen molar-refractivity contribution < 1.29 is 5.11 Å². The van der Waals surface area contributed by atoms with E-state index in [1.165, 1.54) is 25.8 Å². The van der Waals surface area contributed by atoms with E-state index in [9.17, 15) is 5.11 Å². The van der Waals surface area contributed by atoms with Gasteiger partial charge in [0.25, 0.3) is 0 Å². The van der Waals surface area contributed by atoms with Crippen LogP contribution in [-0.4, -0.2) is 48.8 Å². The Labute approximate surface area is 118 Å². The second-order valence-corrected chi connectivity index (χ2v) is 7.12. The fourth-order valence-electron chi connectivity index (χ4n) is 4.43. The average Bonchev–Trinajstić information content (AvgIpc) is 2.72. The first-order valence-electron chi connectivity index (χ1n) is 8.09. The molecule has 3 nitrogen and oxygen atoms in total. The minimum atomic E-state index is 0.322. The Morgan fingerprint density at radius 3 is 2.53 bits per heavy atom. The molecule has 0 spiro atoms.